The molecule has 168 valence electrons. The molecule has 1 aromatic carbocycles. The van der Waals surface area contributed by atoms with Gasteiger partial charge in [-0.2, -0.15) is 5.10 Å². The third-order valence-electron chi connectivity index (χ3n) is 5.51. The molecule has 10 heteroatoms. The molecule has 32 heavy (non-hydrogen) atoms. The van der Waals surface area contributed by atoms with E-state index in [-0.39, 0.29) is 29.6 Å². The molecule has 2 aromatic heterocycles. The van der Waals surface area contributed by atoms with Crippen LogP contribution >= 0.6 is 0 Å². The second-order valence-electron chi connectivity index (χ2n) is 7.78. The number of halogens is 3. The van der Waals surface area contributed by atoms with Gasteiger partial charge in [0.25, 0.3) is 5.91 Å². The van der Waals surface area contributed by atoms with Crippen molar-refractivity contribution in [3.63, 3.8) is 0 Å². The van der Waals surface area contributed by atoms with Crippen LogP contribution in [0.3, 0.4) is 0 Å². The van der Waals surface area contributed by atoms with Crippen molar-refractivity contribution in [3.8, 4) is 11.1 Å². The highest BCUT2D eigenvalue weighted by Crippen LogP contribution is 2.26. The van der Waals surface area contributed by atoms with Gasteiger partial charge in [0, 0.05) is 42.2 Å². The molecule has 1 fully saturated rings. The Bertz CT molecular complexity index is 1150. The molecule has 2 heterocycles. The van der Waals surface area contributed by atoms with Crippen LogP contribution in [0.15, 0.2) is 36.8 Å². The fraction of sp³-hybridized carbons (Fsp3) is 0.318. The highest BCUT2D eigenvalue weighted by Gasteiger charge is 2.30. The number of rotatable bonds is 6. The van der Waals surface area contributed by atoms with Crippen LogP contribution in [-0.4, -0.2) is 32.8 Å². The van der Waals surface area contributed by atoms with Crippen molar-refractivity contribution in [1.82, 2.24) is 20.1 Å². The molecule has 0 bridgehead atoms. The number of nitrogens with zero attached hydrogens (tertiary/aromatic N) is 3. The van der Waals surface area contributed by atoms with Crippen molar-refractivity contribution in [2.24, 2.45) is 7.05 Å². The van der Waals surface area contributed by atoms with E-state index < -0.39 is 29.5 Å². The minimum absolute atomic E-state index is 0.0847. The number of nitrogen functional groups attached to an aromatic ring is 1. The van der Waals surface area contributed by atoms with Crippen molar-refractivity contribution < 1.29 is 22.7 Å². The van der Waals surface area contributed by atoms with Crippen LogP contribution in [0.1, 0.15) is 35.2 Å². The number of anilines is 1. The van der Waals surface area contributed by atoms with E-state index >= 15 is 0 Å². The van der Waals surface area contributed by atoms with Gasteiger partial charge in [0.1, 0.15) is 11.6 Å². The van der Waals surface area contributed by atoms with Crippen LogP contribution in [-0.2, 0) is 18.4 Å². The molecule has 3 aromatic rings. The molecule has 4 rings (SSSR count). The van der Waals surface area contributed by atoms with Crippen LogP contribution in [0, 0.1) is 17.5 Å². The summed E-state index contributed by atoms with van der Waals surface area (Å²) in [6, 6.07) is 2.59. The van der Waals surface area contributed by atoms with E-state index in [1.165, 1.54) is 0 Å². The first-order valence-corrected chi connectivity index (χ1v) is 10.1. The predicted molar refractivity (Wildman–Crippen MR) is 111 cm³/mol. The van der Waals surface area contributed by atoms with E-state index in [0.29, 0.717) is 24.5 Å². The number of aryl methyl sites for hydroxylation is 1. The monoisotopic (exact) mass is 445 g/mol. The van der Waals surface area contributed by atoms with E-state index in [1.54, 1.807) is 36.4 Å². The summed E-state index contributed by atoms with van der Waals surface area (Å²) in [6.07, 6.45) is 6.72. The number of hydrogen-bond acceptors (Lipinski definition) is 5. The van der Waals surface area contributed by atoms with E-state index in [9.17, 15) is 18.0 Å². The number of ether oxygens (including phenoxy) is 1. The normalized spacial score (nSPS) is 18.1. The number of benzene rings is 1. The first-order valence-electron chi connectivity index (χ1n) is 10.1. The number of carbonyl (C=O) groups excluding carboxylic acids is 1. The van der Waals surface area contributed by atoms with Crippen molar-refractivity contribution in [2.45, 2.75) is 38.0 Å². The average molecular weight is 445 g/mol. The Balaban J connectivity index is 1.44. The largest absolute Gasteiger partial charge is 0.383 e. The standard InChI is InChI=1S/C22H22F3N5O2/c1-30-10-14(9-28-30)12-5-15(21(26)27-8-12)22(31)29-19-3-2-4-20(19)32-11-13-6-17(24)18(25)7-16(13)23/h5-10,19-20H,2-4,11H2,1H3,(H2,26,27)(H,29,31)/t19-,20-/m0/s1. The Hall–Kier alpha value is -3.40. The summed E-state index contributed by atoms with van der Waals surface area (Å²) in [6.45, 7) is -0.236. The van der Waals surface area contributed by atoms with Gasteiger partial charge in [-0.25, -0.2) is 18.2 Å². The lowest BCUT2D eigenvalue weighted by molar-refractivity contribution is 0.0257. The summed E-state index contributed by atoms with van der Waals surface area (Å²) in [5.41, 5.74) is 7.56. The SMILES string of the molecule is Cn1cc(-c2cnc(N)c(C(=O)N[C@H]3CCC[C@@H]3OCc3cc(F)c(F)cc3F)c2)cn1. The van der Waals surface area contributed by atoms with E-state index in [1.807, 2.05) is 0 Å². The number of hydrogen-bond donors (Lipinski definition) is 2. The molecule has 0 aliphatic heterocycles. The highest BCUT2D eigenvalue weighted by molar-refractivity contribution is 5.99. The number of pyridine rings is 1. The zero-order valence-corrected chi connectivity index (χ0v) is 17.3. The minimum Gasteiger partial charge on any atom is -0.383 e. The molecule has 3 N–H and O–H groups in total. The molecule has 2 atom stereocenters. The smallest absolute Gasteiger partial charge is 0.255 e. The van der Waals surface area contributed by atoms with Crippen molar-refractivity contribution in [3.05, 3.63) is 65.4 Å². The minimum atomic E-state index is -1.25. The Labute approximate surface area is 182 Å². The van der Waals surface area contributed by atoms with Crippen molar-refractivity contribution in [2.75, 3.05) is 5.73 Å². The Morgan fingerprint density at radius 1 is 1.16 bits per heavy atom. The molecular weight excluding hydrogens is 423 g/mol. The van der Waals surface area contributed by atoms with Gasteiger partial charge in [-0.1, -0.05) is 0 Å². The molecule has 1 aliphatic carbocycles. The second kappa shape index (κ2) is 8.99. The summed E-state index contributed by atoms with van der Waals surface area (Å²) in [5, 5.41) is 7.02. The van der Waals surface area contributed by atoms with Crippen LogP contribution < -0.4 is 11.1 Å². The van der Waals surface area contributed by atoms with E-state index in [0.717, 1.165) is 18.1 Å². The fourth-order valence-electron chi connectivity index (χ4n) is 3.79. The Morgan fingerprint density at radius 2 is 1.94 bits per heavy atom. The molecular formula is C22H22F3N5O2. The maximum atomic E-state index is 13.9. The van der Waals surface area contributed by atoms with Gasteiger partial charge in [-0.05, 0) is 31.4 Å². The van der Waals surface area contributed by atoms with Gasteiger partial charge in [0.15, 0.2) is 11.6 Å². The zero-order valence-electron chi connectivity index (χ0n) is 17.3. The third-order valence-corrected chi connectivity index (χ3v) is 5.51. The first-order chi connectivity index (χ1) is 15.3. The van der Waals surface area contributed by atoms with Gasteiger partial charge in [0.05, 0.1) is 30.5 Å². The van der Waals surface area contributed by atoms with Crippen LogP contribution in [0.25, 0.3) is 11.1 Å². The van der Waals surface area contributed by atoms with Gasteiger partial charge in [0.2, 0.25) is 0 Å². The molecule has 1 amide bonds. The van der Waals surface area contributed by atoms with E-state index in [4.69, 9.17) is 10.5 Å². The molecule has 0 unspecified atom stereocenters. The third kappa shape index (κ3) is 4.59. The molecule has 0 radical (unpaired) electrons. The fourth-order valence-corrected chi connectivity index (χ4v) is 3.79. The van der Waals surface area contributed by atoms with Gasteiger partial charge in [-0.3, -0.25) is 9.48 Å². The van der Waals surface area contributed by atoms with Gasteiger partial charge in [-0.15, -0.1) is 0 Å². The predicted octanol–water partition coefficient (Wildman–Crippen LogP) is 3.35. The van der Waals surface area contributed by atoms with Crippen molar-refractivity contribution in [1.29, 1.82) is 0 Å². The first kappa shape index (κ1) is 21.8. The Kier molecular flexibility index (Phi) is 6.13. The van der Waals surface area contributed by atoms with Crippen LogP contribution in [0.5, 0.6) is 0 Å². The summed E-state index contributed by atoms with van der Waals surface area (Å²) in [7, 11) is 1.79. The topological polar surface area (TPSA) is 95.1 Å². The molecule has 0 saturated heterocycles. The van der Waals surface area contributed by atoms with Gasteiger partial charge >= 0.3 is 0 Å². The van der Waals surface area contributed by atoms with Crippen LogP contribution in [0.2, 0.25) is 0 Å². The number of nitrogens with one attached hydrogen (secondary N) is 1. The highest BCUT2D eigenvalue weighted by atomic mass is 19.2. The van der Waals surface area contributed by atoms with Gasteiger partial charge < -0.3 is 15.8 Å². The zero-order chi connectivity index (χ0) is 22.8. The maximum absolute atomic E-state index is 13.9. The number of amides is 1. The summed E-state index contributed by atoms with van der Waals surface area (Å²) < 4.78 is 47.8. The lowest BCUT2D eigenvalue weighted by Gasteiger charge is -2.22. The number of aromatic nitrogens is 3. The number of nitrogens with two attached hydrogens (primary N) is 1. The summed E-state index contributed by atoms with van der Waals surface area (Å²) in [4.78, 5) is 17.0. The second-order valence-corrected chi connectivity index (χ2v) is 7.78. The summed E-state index contributed by atoms with van der Waals surface area (Å²) >= 11 is 0. The Morgan fingerprint density at radius 3 is 2.69 bits per heavy atom. The molecule has 0 spiro atoms. The van der Waals surface area contributed by atoms with Crippen LogP contribution in [0.4, 0.5) is 19.0 Å². The van der Waals surface area contributed by atoms with Crippen molar-refractivity contribution >= 4 is 11.7 Å². The average Bonchev–Trinajstić information content (AvgIpc) is 3.39. The molecule has 1 saturated carbocycles. The quantitative estimate of drug-likeness (QED) is 0.568. The number of carbonyl (C=O) groups is 1. The van der Waals surface area contributed by atoms with E-state index in [2.05, 4.69) is 15.4 Å². The lowest BCUT2D eigenvalue weighted by Crippen LogP contribution is -2.41. The molecule has 1 aliphatic rings. The lowest BCUT2D eigenvalue weighted by atomic mass is 10.1. The molecule has 7 nitrogen and oxygen atoms in total. The summed E-state index contributed by atoms with van der Waals surface area (Å²) in [5.74, 6) is -3.59. The maximum Gasteiger partial charge on any atom is 0.255 e.